The van der Waals surface area contributed by atoms with Gasteiger partial charge in [-0.05, 0) is 19.4 Å². The van der Waals surface area contributed by atoms with Gasteiger partial charge in [0, 0.05) is 6.54 Å². The van der Waals surface area contributed by atoms with Crippen LogP contribution in [0.2, 0.25) is 0 Å². The summed E-state index contributed by atoms with van der Waals surface area (Å²) >= 11 is 0. The van der Waals surface area contributed by atoms with E-state index in [0.29, 0.717) is 0 Å². The minimum atomic E-state index is -2.27. The molecule has 5 N–H and O–H groups in total. The molecule has 20 heavy (non-hydrogen) atoms. The summed E-state index contributed by atoms with van der Waals surface area (Å²) in [6, 6.07) is 0. The van der Waals surface area contributed by atoms with Crippen molar-refractivity contribution in [1.29, 1.82) is 0 Å². The van der Waals surface area contributed by atoms with Crippen molar-refractivity contribution in [2.45, 2.75) is 25.0 Å². The van der Waals surface area contributed by atoms with E-state index in [9.17, 15) is 14.4 Å². The molecule has 116 valence electrons. The van der Waals surface area contributed by atoms with Gasteiger partial charge in [-0.3, -0.25) is 4.79 Å². The van der Waals surface area contributed by atoms with Gasteiger partial charge in [0.1, 0.15) is 0 Å². The second kappa shape index (κ2) is 9.23. The van der Waals surface area contributed by atoms with Gasteiger partial charge in [0.15, 0.2) is 12.2 Å². The van der Waals surface area contributed by atoms with Crippen LogP contribution in [-0.4, -0.2) is 70.7 Å². The smallest absolute Gasteiger partial charge is 0.335 e. The first-order valence-corrected chi connectivity index (χ1v) is 5.91. The van der Waals surface area contributed by atoms with E-state index in [-0.39, 0.29) is 11.9 Å². The number of carbonyl (C=O) groups excluding carboxylic acids is 1. The molecule has 2 unspecified atom stereocenters. The standard InChI is InChI=1S/C7H13NO2.C4H6O6/c1-10-7(9)6-3-2-4-8-5-6;5-1(3(7)8)2(6)4(9)10/h6,8H,2-5H2,1H3;1-2,5-6H,(H,7,8)(H,9,10)/t;1-,2?/m.1/s1. The molecular weight excluding hydrogens is 274 g/mol. The zero-order valence-corrected chi connectivity index (χ0v) is 11.0. The van der Waals surface area contributed by atoms with Crippen LogP contribution in [0, 0.1) is 5.92 Å². The van der Waals surface area contributed by atoms with E-state index in [4.69, 9.17) is 20.4 Å². The summed E-state index contributed by atoms with van der Waals surface area (Å²) in [7, 11) is 1.44. The normalized spacial score (nSPS) is 20.9. The molecular formula is C11H19NO8. The van der Waals surface area contributed by atoms with E-state index >= 15 is 0 Å². The summed E-state index contributed by atoms with van der Waals surface area (Å²) in [5, 5.41) is 35.7. The van der Waals surface area contributed by atoms with Gasteiger partial charge in [-0.1, -0.05) is 0 Å². The number of esters is 1. The minimum Gasteiger partial charge on any atom is -0.479 e. The van der Waals surface area contributed by atoms with Gasteiger partial charge in [0.25, 0.3) is 0 Å². The number of piperidine rings is 1. The van der Waals surface area contributed by atoms with E-state index in [1.807, 2.05) is 0 Å². The lowest BCUT2D eigenvalue weighted by Crippen LogP contribution is -2.39. The number of hydrogen-bond acceptors (Lipinski definition) is 7. The molecule has 0 amide bonds. The Morgan fingerprint density at radius 3 is 1.95 bits per heavy atom. The van der Waals surface area contributed by atoms with Gasteiger partial charge >= 0.3 is 17.9 Å². The van der Waals surface area contributed by atoms with E-state index in [1.54, 1.807) is 0 Å². The molecule has 0 aromatic heterocycles. The summed E-state index contributed by atoms with van der Waals surface area (Å²) in [5.41, 5.74) is 0. The van der Waals surface area contributed by atoms with E-state index in [0.717, 1.165) is 25.9 Å². The molecule has 0 bridgehead atoms. The van der Waals surface area contributed by atoms with Crippen molar-refractivity contribution < 1.29 is 39.5 Å². The van der Waals surface area contributed by atoms with Crippen LogP contribution in [0.25, 0.3) is 0 Å². The quantitative estimate of drug-likeness (QED) is 0.371. The van der Waals surface area contributed by atoms with Gasteiger partial charge in [0.2, 0.25) is 0 Å². The van der Waals surface area contributed by atoms with E-state index < -0.39 is 24.1 Å². The Morgan fingerprint density at radius 2 is 1.65 bits per heavy atom. The number of rotatable bonds is 4. The Kier molecular flexibility index (Phi) is 8.45. The summed E-state index contributed by atoms with van der Waals surface area (Å²) in [4.78, 5) is 30.4. The average molecular weight is 293 g/mol. The lowest BCUT2D eigenvalue weighted by atomic mass is 10.0. The van der Waals surface area contributed by atoms with Crippen molar-refractivity contribution >= 4 is 17.9 Å². The monoisotopic (exact) mass is 293 g/mol. The maximum Gasteiger partial charge on any atom is 0.335 e. The number of ether oxygens (including phenoxy) is 1. The largest absolute Gasteiger partial charge is 0.479 e. The Hall–Kier alpha value is -1.71. The number of carbonyl (C=O) groups is 3. The maximum absolute atomic E-state index is 10.9. The van der Waals surface area contributed by atoms with Crippen molar-refractivity contribution in [1.82, 2.24) is 5.32 Å². The Morgan fingerprint density at radius 1 is 1.15 bits per heavy atom. The highest BCUT2D eigenvalue weighted by atomic mass is 16.5. The van der Waals surface area contributed by atoms with Crippen LogP contribution in [0.3, 0.4) is 0 Å². The van der Waals surface area contributed by atoms with Gasteiger partial charge < -0.3 is 30.5 Å². The number of aliphatic hydroxyl groups excluding tert-OH is 2. The lowest BCUT2D eigenvalue weighted by molar-refractivity contribution is -0.165. The number of carboxylic acid groups (broad SMARTS) is 2. The van der Waals surface area contributed by atoms with Crippen LogP contribution in [0.15, 0.2) is 0 Å². The molecule has 0 aromatic carbocycles. The van der Waals surface area contributed by atoms with Crippen LogP contribution in [0.5, 0.6) is 0 Å². The van der Waals surface area contributed by atoms with Crippen molar-refractivity contribution in [3.8, 4) is 0 Å². The lowest BCUT2D eigenvalue weighted by Gasteiger charge is -2.19. The molecule has 0 aliphatic carbocycles. The molecule has 9 heteroatoms. The highest BCUT2D eigenvalue weighted by Crippen LogP contribution is 2.10. The molecule has 0 spiro atoms. The molecule has 1 heterocycles. The molecule has 1 saturated heterocycles. The van der Waals surface area contributed by atoms with E-state index in [1.165, 1.54) is 7.11 Å². The Balaban J connectivity index is 0.000000361. The summed E-state index contributed by atoms with van der Waals surface area (Å²) in [6.45, 7) is 1.82. The zero-order valence-electron chi connectivity index (χ0n) is 11.0. The van der Waals surface area contributed by atoms with Gasteiger partial charge in [-0.25, -0.2) is 9.59 Å². The number of methoxy groups -OCH3 is 1. The first kappa shape index (κ1) is 18.3. The highest BCUT2D eigenvalue weighted by Gasteiger charge is 2.29. The predicted molar refractivity (Wildman–Crippen MR) is 64.9 cm³/mol. The predicted octanol–water partition coefficient (Wildman–Crippen LogP) is -1.96. The summed E-state index contributed by atoms with van der Waals surface area (Å²) in [5.74, 6) is -3.52. The minimum absolute atomic E-state index is 0.0767. The van der Waals surface area contributed by atoms with Crippen molar-refractivity contribution in [3.63, 3.8) is 0 Å². The zero-order chi connectivity index (χ0) is 15.7. The number of hydrogen-bond donors (Lipinski definition) is 5. The van der Waals surface area contributed by atoms with Crippen molar-refractivity contribution in [2.24, 2.45) is 5.92 Å². The summed E-state index contributed by atoms with van der Waals surface area (Å²) < 4.78 is 4.61. The van der Waals surface area contributed by atoms with Crippen molar-refractivity contribution in [2.75, 3.05) is 20.2 Å². The van der Waals surface area contributed by atoms with Crippen LogP contribution in [-0.2, 0) is 19.1 Å². The van der Waals surface area contributed by atoms with Gasteiger partial charge in [0.05, 0.1) is 13.0 Å². The topological polar surface area (TPSA) is 153 Å². The van der Waals surface area contributed by atoms with Crippen LogP contribution in [0.1, 0.15) is 12.8 Å². The molecule has 3 atom stereocenters. The van der Waals surface area contributed by atoms with Crippen LogP contribution < -0.4 is 5.32 Å². The fourth-order valence-corrected chi connectivity index (χ4v) is 1.49. The maximum atomic E-state index is 10.9. The highest BCUT2D eigenvalue weighted by molar-refractivity contribution is 5.83. The number of carboxylic acids is 2. The number of aliphatic hydroxyl groups is 2. The summed E-state index contributed by atoms with van der Waals surface area (Å²) in [6.07, 6.45) is -2.48. The second-order valence-electron chi connectivity index (χ2n) is 4.13. The molecule has 0 aromatic rings. The molecule has 1 aliphatic heterocycles. The first-order chi connectivity index (χ1) is 9.31. The SMILES string of the molecule is COC(=O)C1CCCNC1.O=C(O)C(O)[C@@H](O)C(=O)O. The van der Waals surface area contributed by atoms with E-state index in [2.05, 4.69) is 10.1 Å². The molecule has 1 fully saturated rings. The molecule has 0 saturated carbocycles. The van der Waals surface area contributed by atoms with Crippen LogP contribution in [0.4, 0.5) is 0 Å². The fourth-order valence-electron chi connectivity index (χ4n) is 1.49. The molecule has 1 aliphatic rings. The van der Waals surface area contributed by atoms with Gasteiger partial charge in [-0.2, -0.15) is 0 Å². The third-order valence-corrected chi connectivity index (χ3v) is 2.64. The van der Waals surface area contributed by atoms with Gasteiger partial charge in [-0.15, -0.1) is 0 Å². The Labute approximate surface area is 115 Å². The molecule has 1 rings (SSSR count). The third-order valence-electron chi connectivity index (χ3n) is 2.64. The number of nitrogens with one attached hydrogen (secondary N) is 1. The third kappa shape index (κ3) is 6.45. The van der Waals surface area contributed by atoms with Crippen LogP contribution >= 0.6 is 0 Å². The molecule has 9 nitrogen and oxygen atoms in total. The second-order valence-corrected chi connectivity index (χ2v) is 4.13. The molecule has 0 radical (unpaired) electrons. The first-order valence-electron chi connectivity index (χ1n) is 5.91. The van der Waals surface area contributed by atoms with Crippen molar-refractivity contribution in [3.05, 3.63) is 0 Å². The fraction of sp³-hybridized carbons (Fsp3) is 0.727. The number of aliphatic carboxylic acids is 2. The Bertz CT molecular complexity index is 321. The average Bonchev–Trinajstić information content (AvgIpc) is 2.46.